The first-order valence-electron chi connectivity index (χ1n) is 10.8. The van der Waals surface area contributed by atoms with Gasteiger partial charge in [-0.1, -0.05) is 24.3 Å². The normalized spacial score (nSPS) is 10.2. The summed E-state index contributed by atoms with van der Waals surface area (Å²) in [6, 6.07) is 15.0. The molecule has 3 aromatic rings. The van der Waals surface area contributed by atoms with Crippen LogP contribution in [0.15, 0.2) is 54.6 Å². The molecule has 11 heteroatoms. The van der Waals surface area contributed by atoms with Gasteiger partial charge in [0, 0.05) is 24.0 Å². The minimum Gasteiger partial charge on any atom is -0.493 e. The zero-order valence-corrected chi connectivity index (χ0v) is 20.2. The number of hydrogen-bond acceptors (Lipinski definition) is 7. The quantitative estimate of drug-likeness (QED) is 0.294. The van der Waals surface area contributed by atoms with Gasteiger partial charge in [0.2, 0.25) is 11.5 Å². The van der Waals surface area contributed by atoms with Crippen molar-refractivity contribution in [1.82, 2.24) is 5.32 Å². The number of nitro benzene ring substituents is 1. The van der Waals surface area contributed by atoms with E-state index >= 15 is 0 Å². The van der Waals surface area contributed by atoms with E-state index in [0.717, 1.165) is 5.56 Å². The second-order valence-electron chi connectivity index (χ2n) is 7.63. The van der Waals surface area contributed by atoms with Crippen molar-refractivity contribution >= 4 is 29.0 Å². The van der Waals surface area contributed by atoms with Gasteiger partial charge in [0.1, 0.15) is 5.56 Å². The highest BCUT2D eigenvalue weighted by molar-refractivity contribution is 6.01. The first kappa shape index (κ1) is 25.8. The number of aryl methyl sites for hydroxylation is 1. The van der Waals surface area contributed by atoms with Gasteiger partial charge < -0.3 is 30.2 Å². The van der Waals surface area contributed by atoms with Crippen molar-refractivity contribution in [3.05, 3.63) is 81.4 Å². The molecule has 0 radical (unpaired) electrons. The number of carbonyl (C=O) groups excluding carboxylic acids is 2. The van der Waals surface area contributed by atoms with Gasteiger partial charge in [-0.15, -0.1) is 0 Å². The van der Waals surface area contributed by atoms with Crippen molar-refractivity contribution in [2.24, 2.45) is 0 Å². The second kappa shape index (κ2) is 11.6. The number of anilines is 2. The summed E-state index contributed by atoms with van der Waals surface area (Å²) in [7, 11) is 3.89. The number of nitrogens with one attached hydrogen (secondary N) is 3. The highest BCUT2D eigenvalue weighted by atomic mass is 16.6. The van der Waals surface area contributed by atoms with Gasteiger partial charge in [0.05, 0.1) is 26.3 Å². The van der Waals surface area contributed by atoms with Gasteiger partial charge in [-0.05, 0) is 42.3 Å². The van der Waals surface area contributed by atoms with Gasteiger partial charge in [-0.25, -0.2) is 4.79 Å². The van der Waals surface area contributed by atoms with E-state index in [1.54, 1.807) is 30.3 Å². The van der Waals surface area contributed by atoms with Crippen LogP contribution in [0, 0.1) is 17.0 Å². The smallest absolute Gasteiger partial charge is 0.327 e. The lowest BCUT2D eigenvalue weighted by molar-refractivity contribution is -0.386. The van der Waals surface area contributed by atoms with Crippen LogP contribution < -0.4 is 30.2 Å². The Labute approximate surface area is 207 Å². The average molecular weight is 495 g/mol. The van der Waals surface area contributed by atoms with Gasteiger partial charge in [0.15, 0.2) is 5.75 Å². The molecule has 0 aliphatic rings. The molecule has 3 N–H and O–H groups in total. The van der Waals surface area contributed by atoms with Crippen LogP contribution in [-0.4, -0.2) is 38.2 Å². The van der Waals surface area contributed by atoms with Crippen LogP contribution in [-0.2, 0) is 6.54 Å². The second-order valence-corrected chi connectivity index (χ2v) is 7.63. The number of amides is 3. The molecule has 0 atom stereocenters. The number of methoxy groups -OCH3 is 3. The molecule has 11 nitrogen and oxygen atoms in total. The molecule has 3 amide bonds. The Morgan fingerprint density at radius 3 is 2.11 bits per heavy atom. The third-order valence-electron chi connectivity index (χ3n) is 5.14. The largest absolute Gasteiger partial charge is 0.493 e. The maximum absolute atomic E-state index is 12.9. The molecule has 0 saturated carbocycles. The topological polar surface area (TPSA) is 141 Å². The minimum absolute atomic E-state index is 0.00552. The monoisotopic (exact) mass is 494 g/mol. The van der Waals surface area contributed by atoms with E-state index in [0.29, 0.717) is 16.9 Å². The van der Waals surface area contributed by atoms with E-state index in [1.165, 1.54) is 27.4 Å². The number of ether oxygens (including phenoxy) is 3. The molecule has 0 fully saturated rings. The molecule has 0 heterocycles. The summed E-state index contributed by atoms with van der Waals surface area (Å²) < 4.78 is 15.5. The lowest BCUT2D eigenvalue weighted by atomic mass is 10.1. The number of benzene rings is 3. The highest BCUT2D eigenvalue weighted by Gasteiger charge is 2.32. The number of nitrogens with zero attached hydrogens (tertiary/aromatic N) is 1. The molecule has 0 aromatic heterocycles. The Hall–Kier alpha value is -4.80. The fourth-order valence-corrected chi connectivity index (χ4v) is 3.55. The zero-order valence-electron chi connectivity index (χ0n) is 20.2. The van der Waals surface area contributed by atoms with Crippen LogP contribution >= 0.6 is 0 Å². The van der Waals surface area contributed by atoms with E-state index in [1.807, 2.05) is 25.1 Å². The minimum atomic E-state index is -0.715. The summed E-state index contributed by atoms with van der Waals surface area (Å²) >= 11 is 0. The Morgan fingerprint density at radius 2 is 1.53 bits per heavy atom. The van der Waals surface area contributed by atoms with Crippen molar-refractivity contribution in [3.63, 3.8) is 0 Å². The van der Waals surface area contributed by atoms with Crippen molar-refractivity contribution in [3.8, 4) is 17.2 Å². The molecule has 3 aromatic carbocycles. The summed E-state index contributed by atoms with van der Waals surface area (Å²) in [5.74, 6) is -0.823. The molecular formula is C25H26N4O7. The van der Waals surface area contributed by atoms with Crippen molar-refractivity contribution in [2.75, 3.05) is 32.0 Å². The van der Waals surface area contributed by atoms with Crippen LogP contribution in [0.3, 0.4) is 0 Å². The van der Waals surface area contributed by atoms with Crippen LogP contribution in [0.2, 0.25) is 0 Å². The molecule has 0 aliphatic heterocycles. The van der Waals surface area contributed by atoms with Gasteiger partial charge in [0.25, 0.3) is 5.91 Å². The maximum atomic E-state index is 12.9. The first-order valence-corrected chi connectivity index (χ1v) is 10.8. The predicted molar refractivity (Wildman–Crippen MR) is 134 cm³/mol. The Balaban J connectivity index is 1.74. The zero-order chi connectivity index (χ0) is 26.2. The van der Waals surface area contributed by atoms with E-state index in [2.05, 4.69) is 16.0 Å². The molecule has 3 rings (SSSR count). The van der Waals surface area contributed by atoms with E-state index in [4.69, 9.17) is 14.2 Å². The highest BCUT2D eigenvalue weighted by Crippen LogP contribution is 2.46. The SMILES string of the molecule is COc1cc(C(=O)NCc2cccc(NC(=O)Nc3cccc(C)c3)c2)c([N+](=O)[O-])c(OC)c1OC. The Kier molecular flexibility index (Phi) is 8.29. The van der Waals surface area contributed by atoms with Crippen LogP contribution in [0.1, 0.15) is 21.5 Å². The summed E-state index contributed by atoms with van der Waals surface area (Å²) in [5.41, 5.74) is 2.04. The summed E-state index contributed by atoms with van der Waals surface area (Å²) in [6.45, 7) is 1.97. The number of urea groups is 1. The van der Waals surface area contributed by atoms with Gasteiger partial charge in [-0.2, -0.15) is 0 Å². The molecule has 0 bridgehead atoms. The van der Waals surface area contributed by atoms with Gasteiger partial charge >= 0.3 is 11.7 Å². The molecule has 0 spiro atoms. The Bertz CT molecular complexity index is 1290. The molecule has 0 saturated heterocycles. The third-order valence-corrected chi connectivity index (χ3v) is 5.14. The summed E-state index contributed by atoms with van der Waals surface area (Å²) in [6.07, 6.45) is 0. The van der Waals surface area contributed by atoms with Crippen LogP contribution in [0.4, 0.5) is 21.9 Å². The van der Waals surface area contributed by atoms with E-state index in [9.17, 15) is 19.7 Å². The fraction of sp³-hybridized carbons (Fsp3) is 0.200. The van der Waals surface area contributed by atoms with Gasteiger partial charge in [-0.3, -0.25) is 14.9 Å². The standard InChI is InChI=1S/C25H26N4O7/c1-15-7-5-9-17(11-15)27-25(31)28-18-10-6-8-16(12-18)14-26-24(30)19-13-20(34-2)22(35-3)23(36-4)21(19)29(32)33/h5-13H,14H2,1-4H3,(H,26,30)(H2,27,28,31). The molecule has 0 aliphatic carbocycles. The predicted octanol–water partition coefficient (Wildman–Crippen LogP) is 4.50. The summed E-state index contributed by atoms with van der Waals surface area (Å²) in [5, 5.41) is 19.9. The number of carbonyl (C=O) groups is 2. The van der Waals surface area contributed by atoms with Crippen molar-refractivity contribution in [1.29, 1.82) is 0 Å². The van der Waals surface area contributed by atoms with Crippen molar-refractivity contribution < 1.29 is 28.7 Å². The third kappa shape index (κ3) is 6.00. The van der Waals surface area contributed by atoms with E-state index in [-0.39, 0.29) is 29.4 Å². The molecular weight excluding hydrogens is 468 g/mol. The fourth-order valence-electron chi connectivity index (χ4n) is 3.55. The Morgan fingerprint density at radius 1 is 0.889 bits per heavy atom. The molecule has 0 unspecified atom stereocenters. The maximum Gasteiger partial charge on any atom is 0.327 e. The molecule has 36 heavy (non-hydrogen) atoms. The summed E-state index contributed by atoms with van der Waals surface area (Å²) in [4.78, 5) is 36.3. The lowest BCUT2D eigenvalue weighted by Crippen LogP contribution is -2.24. The van der Waals surface area contributed by atoms with Crippen LogP contribution in [0.5, 0.6) is 17.2 Å². The number of rotatable bonds is 9. The van der Waals surface area contributed by atoms with Crippen molar-refractivity contribution in [2.45, 2.75) is 13.5 Å². The average Bonchev–Trinajstić information content (AvgIpc) is 2.85. The van der Waals surface area contributed by atoms with Crippen LogP contribution in [0.25, 0.3) is 0 Å². The number of nitro groups is 1. The van der Waals surface area contributed by atoms with E-state index < -0.39 is 22.5 Å². The first-order chi connectivity index (χ1) is 17.3. The number of hydrogen-bond donors (Lipinski definition) is 3. The molecule has 188 valence electrons. The lowest BCUT2D eigenvalue weighted by Gasteiger charge is -2.15.